The van der Waals surface area contributed by atoms with Crippen molar-refractivity contribution in [3.05, 3.63) is 52.8 Å². The molecule has 0 bridgehead atoms. The zero-order valence-corrected chi connectivity index (χ0v) is 16.8. The molecule has 1 aliphatic carbocycles. The van der Waals surface area contributed by atoms with Crippen LogP contribution in [0.3, 0.4) is 0 Å². The van der Waals surface area contributed by atoms with Gasteiger partial charge in [-0.3, -0.25) is 19.7 Å². The van der Waals surface area contributed by atoms with Crippen molar-refractivity contribution >= 4 is 5.91 Å². The van der Waals surface area contributed by atoms with E-state index in [1.807, 2.05) is 0 Å². The maximum atomic E-state index is 12.7. The summed E-state index contributed by atoms with van der Waals surface area (Å²) in [5, 5.41) is 10.5. The number of nitrogens with zero attached hydrogens (tertiary/aromatic N) is 3. The van der Waals surface area contributed by atoms with Gasteiger partial charge >= 0.3 is 0 Å². The highest BCUT2D eigenvalue weighted by atomic mass is 16.2. The highest BCUT2D eigenvalue weighted by Crippen LogP contribution is 2.22. The van der Waals surface area contributed by atoms with Gasteiger partial charge in [0.1, 0.15) is 0 Å². The number of aromatic amines is 1. The number of nitrogens with one attached hydrogen (secondary N) is 2. The number of hydrogen-bond acceptors (Lipinski definition) is 4. The Morgan fingerprint density at radius 1 is 1.11 bits per heavy atom. The SMILES string of the molecule is CC(CN1CCN(Cc2ccccc2)CC1)NC(=O)c1n[nH]c2c1CCCC2. The molecule has 28 heavy (non-hydrogen) atoms. The van der Waals surface area contributed by atoms with Crippen LogP contribution in [0.5, 0.6) is 0 Å². The zero-order valence-electron chi connectivity index (χ0n) is 16.8. The molecule has 1 amide bonds. The first kappa shape index (κ1) is 19.2. The zero-order chi connectivity index (χ0) is 19.3. The van der Waals surface area contributed by atoms with E-state index in [1.54, 1.807) is 0 Å². The van der Waals surface area contributed by atoms with E-state index in [2.05, 4.69) is 62.6 Å². The van der Waals surface area contributed by atoms with Crippen LogP contribution >= 0.6 is 0 Å². The molecule has 0 saturated carbocycles. The fraction of sp³-hybridized carbons (Fsp3) is 0.545. The third-order valence-corrected chi connectivity index (χ3v) is 5.89. The Bertz CT molecular complexity index is 779. The van der Waals surface area contributed by atoms with Crippen molar-refractivity contribution in [3.63, 3.8) is 0 Å². The average molecular weight is 382 g/mol. The maximum absolute atomic E-state index is 12.7. The minimum atomic E-state index is -0.0328. The number of H-pyrrole nitrogens is 1. The lowest BCUT2D eigenvalue weighted by Crippen LogP contribution is -2.50. The summed E-state index contributed by atoms with van der Waals surface area (Å²) in [4.78, 5) is 17.6. The van der Waals surface area contributed by atoms with E-state index in [9.17, 15) is 4.79 Å². The van der Waals surface area contributed by atoms with Crippen LogP contribution in [-0.4, -0.2) is 64.7 Å². The maximum Gasteiger partial charge on any atom is 0.272 e. The molecular weight excluding hydrogens is 350 g/mol. The molecular formula is C22H31N5O. The minimum Gasteiger partial charge on any atom is -0.347 e. The molecule has 2 N–H and O–H groups in total. The van der Waals surface area contributed by atoms with Gasteiger partial charge in [0.2, 0.25) is 0 Å². The number of carbonyl (C=O) groups excluding carboxylic acids is 1. The van der Waals surface area contributed by atoms with Gasteiger partial charge in [0, 0.05) is 56.6 Å². The molecule has 1 saturated heterocycles. The van der Waals surface area contributed by atoms with Crippen molar-refractivity contribution in [2.24, 2.45) is 0 Å². The van der Waals surface area contributed by atoms with Gasteiger partial charge < -0.3 is 5.32 Å². The second kappa shape index (κ2) is 8.88. The topological polar surface area (TPSA) is 64.3 Å². The van der Waals surface area contributed by atoms with Gasteiger partial charge in [0.05, 0.1) is 0 Å². The molecule has 4 rings (SSSR count). The Labute approximate surface area is 167 Å². The number of aryl methyl sites for hydroxylation is 1. The van der Waals surface area contributed by atoms with E-state index in [-0.39, 0.29) is 11.9 Å². The van der Waals surface area contributed by atoms with E-state index in [0.29, 0.717) is 5.69 Å². The number of piperazine rings is 1. The summed E-state index contributed by atoms with van der Waals surface area (Å²) >= 11 is 0. The summed E-state index contributed by atoms with van der Waals surface area (Å²) in [5.74, 6) is -0.0328. The second-order valence-electron chi connectivity index (χ2n) is 8.17. The first-order valence-electron chi connectivity index (χ1n) is 10.5. The number of hydrogen-bond donors (Lipinski definition) is 2. The van der Waals surface area contributed by atoms with Crippen molar-refractivity contribution in [2.75, 3.05) is 32.7 Å². The molecule has 2 aliphatic rings. The molecule has 2 aromatic rings. The number of rotatable bonds is 6. The van der Waals surface area contributed by atoms with Gasteiger partial charge in [-0.2, -0.15) is 5.10 Å². The van der Waals surface area contributed by atoms with Gasteiger partial charge in [-0.05, 0) is 38.2 Å². The largest absolute Gasteiger partial charge is 0.347 e. The number of benzene rings is 1. The molecule has 150 valence electrons. The van der Waals surface area contributed by atoms with Crippen molar-refractivity contribution in [1.82, 2.24) is 25.3 Å². The lowest BCUT2D eigenvalue weighted by Gasteiger charge is -2.36. The number of fused-ring (bicyclic) bond motifs is 1. The quantitative estimate of drug-likeness (QED) is 0.805. The summed E-state index contributed by atoms with van der Waals surface area (Å²) in [6, 6.07) is 10.8. The Hall–Kier alpha value is -2.18. The molecule has 0 spiro atoms. The van der Waals surface area contributed by atoms with Crippen molar-refractivity contribution in [3.8, 4) is 0 Å². The monoisotopic (exact) mass is 381 g/mol. The predicted octanol–water partition coefficient (Wildman–Crippen LogP) is 2.22. The highest BCUT2D eigenvalue weighted by molar-refractivity contribution is 5.94. The van der Waals surface area contributed by atoms with Crippen molar-refractivity contribution < 1.29 is 4.79 Å². The van der Waals surface area contributed by atoms with Gasteiger partial charge in [-0.1, -0.05) is 30.3 Å². The fourth-order valence-electron chi connectivity index (χ4n) is 4.37. The number of carbonyl (C=O) groups is 1. The first-order chi connectivity index (χ1) is 13.7. The summed E-state index contributed by atoms with van der Waals surface area (Å²) in [6.45, 7) is 8.23. The van der Waals surface area contributed by atoms with E-state index >= 15 is 0 Å². The second-order valence-corrected chi connectivity index (χ2v) is 8.17. The fourth-order valence-corrected chi connectivity index (χ4v) is 4.37. The normalized spacial score (nSPS) is 19.2. The third kappa shape index (κ3) is 4.62. The first-order valence-corrected chi connectivity index (χ1v) is 10.5. The van der Waals surface area contributed by atoms with Crippen LogP contribution < -0.4 is 5.32 Å². The molecule has 1 fully saturated rings. The van der Waals surface area contributed by atoms with Crippen LogP contribution in [0.25, 0.3) is 0 Å². The van der Waals surface area contributed by atoms with Crippen LogP contribution in [0.4, 0.5) is 0 Å². The van der Waals surface area contributed by atoms with Crippen LogP contribution in [-0.2, 0) is 19.4 Å². The van der Waals surface area contributed by atoms with E-state index in [0.717, 1.165) is 69.8 Å². The summed E-state index contributed by atoms with van der Waals surface area (Å²) in [7, 11) is 0. The Morgan fingerprint density at radius 3 is 2.61 bits per heavy atom. The minimum absolute atomic E-state index is 0.0328. The summed E-state index contributed by atoms with van der Waals surface area (Å²) in [6.07, 6.45) is 4.31. The molecule has 2 heterocycles. The molecule has 6 heteroatoms. The predicted molar refractivity (Wildman–Crippen MR) is 110 cm³/mol. The molecule has 1 aliphatic heterocycles. The van der Waals surface area contributed by atoms with E-state index < -0.39 is 0 Å². The molecule has 1 atom stereocenters. The summed E-state index contributed by atoms with van der Waals surface area (Å²) < 4.78 is 0. The smallest absolute Gasteiger partial charge is 0.272 e. The number of amides is 1. The molecule has 1 aromatic carbocycles. The van der Waals surface area contributed by atoms with Crippen molar-refractivity contribution in [2.45, 2.75) is 45.2 Å². The Morgan fingerprint density at radius 2 is 1.82 bits per heavy atom. The molecule has 0 radical (unpaired) electrons. The summed E-state index contributed by atoms with van der Waals surface area (Å²) in [5.41, 5.74) is 4.26. The molecule has 1 aromatic heterocycles. The standard InChI is InChI=1S/C22H31N5O/c1-17(23-22(28)21-19-9-5-6-10-20(19)24-25-21)15-26-11-13-27(14-12-26)16-18-7-3-2-4-8-18/h2-4,7-8,17H,5-6,9-16H2,1H3,(H,23,28)(H,24,25). The van der Waals surface area contributed by atoms with Crippen molar-refractivity contribution in [1.29, 1.82) is 0 Å². The van der Waals surface area contributed by atoms with E-state index in [4.69, 9.17) is 0 Å². The molecule has 6 nitrogen and oxygen atoms in total. The van der Waals surface area contributed by atoms with Crippen LogP contribution in [0.1, 0.15) is 47.1 Å². The third-order valence-electron chi connectivity index (χ3n) is 5.89. The van der Waals surface area contributed by atoms with Crippen LogP contribution in [0, 0.1) is 0 Å². The van der Waals surface area contributed by atoms with E-state index in [1.165, 1.54) is 12.0 Å². The van der Waals surface area contributed by atoms with Gasteiger partial charge in [-0.25, -0.2) is 0 Å². The Balaban J connectivity index is 1.23. The van der Waals surface area contributed by atoms with Gasteiger partial charge in [0.25, 0.3) is 5.91 Å². The average Bonchev–Trinajstić information content (AvgIpc) is 3.14. The van der Waals surface area contributed by atoms with Crippen LogP contribution in [0.15, 0.2) is 30.3 Å². The lowest BCUT2D eigenvalue weighted by atomic mass is 9.95. The highest BCUT2D eigenvalue weighted by Gasteiger charge is 2.24. The van der Waals surface area contributed by atoms with Gasteiger partial charge in [0.15, 0.2) is 5.69 Å². The lowest BCUT2D eigenvalue weighted by molar-refractivity contribution is 0.0895. The molecule has 1 unspecified atom stereocenters. The van der Waals surface area contributed by atoms with Crippen LogP contribution in [0.2, 0.25) is 0 Å². The van der Waals surface area contributed by atoms with Gasteiger partial charge in [-0.15, -0.1) is 0 Å². The number of aromatic nitrogens is 2. The Kier molecular flexibility index (Phi) is 6.07.